The average molecular weight is 270 g/mol. The summed E-state index contributed by atoms with van der Waals surface area (Å²) in [6, 6.07) is 7.20. The molecule has 0 saturated heterocycles. The van der Waals surface area contributed by atoms with Gasteiger partial charge in [-0.25, -0.2) is 0 Å². The monoisotopic (exact) mass is 269 g/mol. The maximum Gasteiger partial charge on any atom is 0.223 e. The summed E-state index contributed by atoms with van der Waals surface area (Å²) in [5.41, 5.74) is 0. The molecule has 0 aromatic heterocycles. The molecule has 4 nitrogen and oxygen atoms in total. The van der Waals surface area contributed by atoms with Crippen molar-refractivity contribution in [3.8, 4) is 5.75 Å². The molecule has 2 rings (SSSR count). The molecule has 0 spiro atoms. The number of benzene rings is 1. The summed E-state index contributed by atoms with van der Waals surface area (Å²) in [6.45, 7) is 0.321. The Hall–Kier alpha value is -1.26. The summed E-state index contributed by atoms with van der Waals surface area (Å²) < 4.78 is 5.42. The van der Waals surface area contributed by atoms with E-state index in [1.807, 2.05) is 0 Å². The average Bonchev–Trinajstić information content (AvgIpc) is 2.27. The smallest absolute Gasteiger partial charge is 0.223 e. The molecule has 1 saturated carbocycles. The van der Waals surface area contributed by atoms with Gasteiger partial charge in [0.05, 0.1) is 19.1 Å². The maximum absolute atomic E-state index is 11.5. The Bertz CT molecular complexity index is 418. The Labute approximate surface area is 111 Å². The summed E-state index contributed by atoms with van der Waals surface area (Å²) in [6.07, 6.45) is 1.36. The number of carbonyl (C=O) groups is 1. The van der Waals surface area contributed by atoms with Crippen LogP contribution in [0.2, 0.25) is 5.02 Å². The number of halogens is 1. The van der Waals surface area contributed by atoms with Gasteiger partial charge in [-0.1, -0.05) is 17.7 Å². The van der Waals surface area contributed by atoms with E-state index < -0.39 is 0 Å². The standard InChI is InChI=1S/C13H16ClNO3/c14-9-2-1-3-12(6-9)18-5-4-13(17)15-10-7-11(16)8-10/h1-3,6,10-11,16H,4-5,7-8H2,(H,15,17). The molecule has 0 aliphatic heterocycles. The fourth-order valence-corrected chi connectivity index (χ4v) is 2.00. The zero-order valence-corrected chi connectivity index (χ0v) is 10.7. The molecule has 1 amide bonds. The number of aliphatic hydroxyl groups is 1. The van der Waals surface area contributed by atoms with Crippen molar-refractivity contribution in [1.82, 2.24) is 5.32 Å². The number of carbonyl (C=O) groups excluding carboxylic acids is 1. The van der Waals surface area contributed by atoms with Crippen LogP contribution in [0.1, 0.15) is 19.3 Å². The lowest BCUT2D eigenvalue weighted by Crippen LogP contribution is -2.46. The molecule has 1 aromatic carbocycles. The van der Waals surface area contributed by atoms with Crippen LogP contribution in [-0.4, -0.2) is 29.8 Å². The summed E-state index contributed by atoms with van der Waals surface area (Å²) in [7, 11) is 0. The van der Waals surface area contributed by atoms with Gasteiger partial charge in [0.1, 0.15) is 5.75 Å². The predicted molar refractivity (Wildman–Crippen MR) is 68.7 cm³/mol. The molecule has 1 aliphatic rings. The quantitative estimate of drug-likeness (QED) is 0.856. The van der Waals surface area contributed by atoms with Gasteiger partial charge in [-0.05, 0) is 31.0 Å². The fourth-order valence-electron chi connectivity index (χ4n) is 1.82. The van der Waals surface area contributed by atoms with Crippen LogP contribution < -0.4 is 10.1 Å². The topological polar surface area (TPSA) is 58.6 Å². The van der Waals surface area contributed by atoms with Crippen molar-refractivity contribution in [2.75, 3.05) is 6.61 Å². The van der Waals surface area contributed by atoms with Gasteiger partial charge in [-0.3, -0.25) is 4.79 Å². The number of aliphatic hydroxyl groups excluding tert-OH is 1. The summed E-state index contributed by atoms with van der Waals surface area (Å²) in [4.78, 5) is 11.5. The molecular weight excluding hydrogens is 254 g/mol. The summed E-state index contributed by atoms with van der Waals surface area (Å²) in [5.74, 6) is 0.614. The van der Waals surface area contributed by atoms with E-state index in [1.54, 1.807) is 24.3 Å². The third-order valence-electron chi connectivity index (χ3n) is 2.87. The van der Waals surface area contributed by atoms with E-state index in [4.69, 9.17) is 21.4 Å². The Balaban J connectivity index is 1.64. The SMILES string of the molecule is O=C(CCOc1cccc(Cl)c1)NC1CC(O)C1. The lowest BCUT2D eigenvalue weighted by molar-refractivity contribution is -0.123. The molecule has 0 bridgehead atoms. The normalized spacial score (nSPS) is 22.1. The van der Waals surface area contributed by atoms with Gasteiger partial charge in [-0.15, -0.1) is 0 Å². The highest BCUT2D eigenvalue weighted by atomic mass is 35.5. The van der Waals surface area contributed by atoms with Crippen LogP contribution in [0, 0.1) is 0 Å². The van der Waals surface area contributed by atoms with E-state index in [9.17, 15) is 4.79 Å². The third kappa shape index (κ3) is 3.89. The van der Waals surface area contributed by atoms with Crippen LogP contribution in [0.4, 0.5) is 0 Å². The molecule has 98 valence electrons. The molecule has 1 aliphatic carbocycles. The Morgan fingerprint density at radius 3 is 2.94 bits per heavy atom. The summed E-state index contributed by atoms with van der Waals surface area (Å²) in [5, 5.41) is 12.5. The van der Waals surface area contributed by atoms with Crippen LogP contribution in [0.3, 0.4) is 0 Å². The minimum absolute atomic E-state index is 0.0473. The molecule has 0 unspecified atom stereocenters. The highest BCUT2D eigenvalue weighted by Crippen LogP contribution is 2.19. The van der Waals surface area contributed by atoms with Gasteiger partial charge in [0.15, 0.2) is 0 Å². The van der Waals surface area contributed by atoms with E-state index in [0.717, 1.165) is 0 Å². The van der Waals surface area contributed by atoms with Crippen LogP contribution in [0.15, 0.2) is 24.3 Å². The molecule has 0 heterocycles. The highest BCUT2D eigenvalue weighted by molar-refractivity contribution is 6.30. The molecule has 0 atom stereocenters. The van der Waals surface area contributed by atoms with Crippen molar-refractivity contribution in [3.05, 3.63) is 29.3 Å². The number of hydrogen-bond acceptors (Lipinski definition) is 3. The second-order valence-corrected chi connectivity index (χ2v) is 4.88. The van der Waals surface area contributed by atoms with E-state index in [2.05, 4.69) is 5.32 Å². The Morgan fingerprint density at radius 1 is 1.50 bits per heavy atom. The maximum atomic E-state index is 11.5. The van der Waals surface area contributed by atoms with Crippen molar-refractivity contribution in [1.29, 1.82) is 0 Å². The lowest BCUT2D eigenvalue weighted by Gasteiger charge is -2.31. The van der Waals surface area contributed by atoms with Gasteiger partial charge in [0.25, 0.3) is 0 Å². The fraction of sp³-hybridized carbons (Fsp3) is 0.462. The van der Waals surface area contributed by atoms with E-state index in [1.165, 1.54) is 0 Å². The van der Waals surface area contributed by atoms with Gasteiger partial charge in [0.2, 0.25) is 5.91 Å². The second kappa shape index (κ2) is 6.07. The largest absolute Gasteiger partial charge is 0.493 e. The van der Waals surface area contributed by atoms with Crippen LogP contribution in [-0.2, 0) is 4.79 Å². The first-order valence-electron chi connectivity index (χ1n) is 5.99. The van der Waals surface area contributed by atoms with Crippen molar-refractivity contribution < 1.29 is 14.6 Å². The third-order valence-corrected chi connectivity index (χ3v) is 3.11. The summed E-state index contributed by atoms with van der Waals surface area (Å²) >= 11 is 5.81. The first-order chi connectivity index (χ1) is 8.63. The van der Waals surface area contributed by atoms with Crippen molar-refractivity contribution in [2.24, 2.45) is 0 Å². The number of hydrogen-bond donors (Lipinski definition) is 2. The number of amides is 1. The minimum Gasteiger partial charge on any atom is -0.493 e. The molecule has 1 aromatic rings. The number of rotatable bonds is 5. The molecule has 5 heteroatoms. The number of ether oxygens (including phenoxy) is 1. The highest BCUT2D eigenvalue weighted by Gasteiger charge is 2.28. The Morgan fingerprint density at radius 2 is 2.28 bits per heavy atom. The molecule has 2 N–H and O–H groups in total. The Kier molecular flexibility index (Phi) is 4.44. The van der Waals surface area contributed by atoms with Gasteiger partial charge < -0.3 is 15.2 Å². The van der Waals surface area contributed by atoms with Gasteiger partial charge in [-0.2, -0.15) is 0 Å². The van der Waals surface area contributed by atoms with Crippen molar-refractivity contribution >= 4 is 17.5 Å². The molecule has 0 radical (unpaired) electrons. The van der Waals surface area contributed by atoms with E-state index in [0.29, 0.717) is 36.6 Å². The first kappa shape index (κ1) is 13.2. The van der Waals surface area contributed by atoms with Crippen molar-refractivity contribution in [2.45, 2.75) is 31.4 Å². The lowest BCUT2D eigenvalue weighted by atomic mass is 9.89. The van der Waals surface area contributed by atoms with Crippen LogP contribution in [0.25, 0.3) is 0 Å². The number of nitrogens with one attached hydrogen (secondary N) is 1. The van der Waals surface area contributed by atoms with Gasteiger partial charge in [0, 0.05) is 11.1 Å². The van der Waals surface area contributed by atoms with Crippen LogP contribution >= 0.6 is 11.6 Å². The van der Waals surface area contributed by atoms with E-state index in [-0.39, 0.29) is 18.1 Å². The predicted octanol–water partition coefficient (Wildman–Crippen LogP) is 1.75. The van der Waals surface area contributed by atoms with Crippen molar-refractivity contribution in [3.63, 3.8) is 0 Å². The van der Waals surface area contributed by atoms with E-state index >= 15 is 0 Å². The molecule has 1 fully saturated rings. The van der Waals surface area contributed by atoms with Gasteiger partial charge >= 0.3 is 0 Å². The second-order valence-electron chi connectivity index (χ2n) is 4.45. The zero-order valence-electron chi connectivity index (χ0n) is 9.93. The van der Waals surface area contributed by atoms with Crippen LogP contribution in [0.5, 0.6) is 5.75 Å². The zero-order chi connectivity index (χ0) is 13.0. The molecule has 18 heavy (non-hydrogen) atoms. The molecular formula is C13H16ClNO3. The first-order valence-corrected chi connectivity index (χ1v) is 6.37. The minimum atomic E-state index is -0.252.